The SMILES string of the molecule is COc1cccc(CN(C)C(=O)CC2Sc3ccccc3NC2=O)c1OC. The van der Waals surface area contributed by atoms with E-state index in [9.17, 15) is 9.59 Å². The molecule has 0 saturated heterocycles. The number of para-hydroxylation sites is 2. The number of ether oxygens (including phenoxy) is 2. The molecule has 2 aromatic rings. The average Bonchev–Trinajstić information content (AvgIpc) is 2.68. The number of carbonyl (C=O) groups is 2. The molecule has 142 valence electrons. The Morgan fingerprint density at radius 1 is 1.15 bits per heavy atom. The van der Waals surface area contributed by atoms with Crippen LogP contribution in [0.4, 0.5) is 5.69 Å². The maximum absolute atomic E-state index is 12.7. The summed E-state index contributed by atoms with van der Waals surface area (Å²) in [5.74, 6) is 0.986. The molecule has 1 atom stereocenters. The molecule has 0 saturated carbocycles. The van der Waals surface area contributed by atoms with Crippen LogP contribution in [0.2, 0.25) is 0 Å². The van der Waals surface area contributed by atoms with Gasteiger partial charge < -0.3 is 19.7 Å². The standard InChI is InChI=1S/C20H22N2O4S/c1-22(12-13-7-6-9-15(25-2)19(13)26-3)18(23)11-17-20(24)21-14-8-4-5-10-16(14)27-17/h4-10,17H,11-12H2,1-3H3,(H,21,24). The minimum Gasteiger partial charge on any atom is -0.493 e. The Kier molecular flexibility index (Phi) is 5.91. The van der Waals surface area contributed by atoms with Gasteiger partial charge in [0, 0.05) is 30.5 Å². The molecule has 0 fully saturated rings. The summed E-state index contributed by atoms with van der Waals surface area (Å²) < 4.78 is 10.7. The van der Waals surface area contributed by atoms with Crippen molar-refractivity contribution in [2.24, 2.45) is 0 Å². The van der Waals surface area contributed by atoms with Gasteiger partial charge in [0.25, 0.3) is 0 Å². The largest absolute Gasteiger partial charge is 0.493 e. The second-order valence-electron chi connectivity index (χ2n) is 6.20. The van der Waals surface area contributed by atoms with Crippen LogP contribution < -0.4 is 14.8 Å². The van der Waals surface area contributed by atoms with Crippen LogP contribution in [0, 0.1) is 0 Å². The number of hydrogen-bond donors (Lipinski definition) is 1. The van der Waals surface area contributed by atoms with Gasteiger partial charge in [0.05, 0.1) is 25.2 Å². The van der Waals surface area contributed by atoms with E-state index >= 15 is 0 Å². The van der Waals surface area contributed by atoms with Crippen LogP contribution >= 0.6 is 11.8 Å². The summed E-state index contributed by atoms with van der Waals surface area (Å²) in [7, 11) is 4.87. The number of hydrogen-bond acceptors (Lipinski definition) is 5. The van der Waals surface area contributed by atoms with Crippen LogP contribution in [0.25, 0.3) is 0 Å². The molecule has 2 amide bonds. The number of rotatable bonds is 6. The lowest BCUT2D eigenvalue weighted by Crippen LogP contribution is -2.35. The van der Waals surface area contributed by atoms with E-state index in [1.54, 1.807) is 26.2 Å². The molecule has 0 aromatic heterocycles. The molecular formula is C20H22N2O4S. The predicted molar refractivity (Wildman–Crippen MR) is 105 cm³/mol. The summed E-state index contributed by atoms with van der Waals surface area (Å²) >= 11 is 1.43. The number of benzene rings is 2. The van der Waals surface area contributed by atoms with Gasteiger partial charge in [-0.3, -0.25) is 9.59 Å². The van der Waals surface area contributed by atoms with E-state index in [0.29, 0.717) is 18.0 Å². The summed E-state index contributed by atoms with van der Waals surface area (Å²) in [6, 6.07) is 13.2. The minimum atomic E-state index is -0.443. The fraction of sp³-hybridized carbons (Fsp3) is 0.300. The lowest BCUT2D eigenvalue weighted by atomic mass is 10.1. The number of methoxy groups -OCH3 is 2. The molecule has 6 nitrogen and oxygen atoms in total. The van der Waals surface area contributed by atoms with Crippen LogP contribution in [0.5, 0.6) is 11.5 Å². The van der Waals surface area contributed by atoms with Crippen LogP contribution in [0.15, 0.2) is 47.4 Å². The Hall–Kier alpha value is -2.67. The third-order valence-corrected chi connectivity index (χ3v) is 5.66. The first-order valence-corrected chi connectivity index (χ1v) is 9.41. The molecular weight excluding hydrogens is 364 g/mol. The van der Waals surface area contributed by atoms with Crippen LogP contribution in [0.1, 0.15) is 12.0 Å². The van der Waals surface area contributed by atoms with E-state index in [0.717, 1.165) is 16.1 Å². The third-order valence-electron chi connectivity index (χ3n) is 4.38. The van der Waals surface area contributed by atoms with E-state index in [2.05, 4.69) is 5.32 Å². The molecule has 1 unspecified atom stereocenters. The summed E-state index contributed by atoms with van der Waals surface area (Å²) in [6.07, 6.45) is 0.133. The molecule has 27 heavy (non-hydrogen) atoms. The zero-order valence-electron chi connectivity index (χ0n) is 15.5. The van der Waals surface area contributed by atoms with Crippen molar-refractivity contribution in [1.29, 1.82) is 0 Å². The van der Waals surface area contributed by atoms with E-state index < -0.39 is 5.25 Å². The van der Waals surface area contributed by atoms with Gasteiger partial charge in [-0.1, -0.05) is 24.3 Å². The van der Waals surface area contributed by atoms with Gasteiger partial charge >= 0.3 is 0 Å². The summed E-state index contributed by atoms with van der Waals surface area (Å²) in [5, 5.41) is 2.43. The summed E-state index contributed by atoms with van der Waals surface area (Å²) in [5.41, 5.74) is 1.64. The van der Waals surface area contributed by atoms with Crippen molar-refractivity contribution in [3.63, 3.8) is 0 Å². The Bertz CT molecular complexity index is 856. The van der Waals surface area contributed by atoms with Gasteiger partial charge in [0.1, 0.15) is 0 Å². The van der Waals surface area contributed by atoms with Gasteiger partial charge in [-0.2, -0.15) is 0 Å². The Balaban J connectivity index is 1.68. The zero-order valence-corrected chi connectivity index (χ0v) is 16.3. The smallest absolute Gasteiger partial charge is 0.238 e. The quantitative estimate of drug-likeness (QED) is 0.826. The van der Waals surface area contributed by atoms with Crippen molar-refractivity contribution in [3.8, 4) is 11.5 Å². The third kappa shape index (κ3) is 4.19. The summed E-state index contributed by atoms with van der Waals surface area (Å²) in [6.45, 7) is 0.370. The topological polar surface area (TPSA) is 67.9 Å². The zero-order chi connectivity index (χ0) is 19.4. The van der Waals surface area contributed by atoms with Gasteiger partial charge in [-0.15, -0.1) is 11.8 Å². The predicted octanol–water partition coefficient (Wildman–Crippen LogP) is 3.17. The maximum atomic E-state index is 12.7. The van der Waals surface area contributed by atoms with Crippen LogP contribution in [-0.4, -0.2) is 43.2 Å². The van der Waals surface area contributed by atoms with Gasteiger partial charge in [0.2, 0.25) is 11.8 Å². The van der Waals surface area contributed by atoms with Crippen LogP contribution in [-0.2, 0) is 16.1 Å². The highest BCUT2D eigenvalue weighted by Crippen LogP contribution is 2.37. The fourth-order valence-corrected chi connectivity index (χ4v) is 4.06. The number of fused-ring (bicyclic) bond motifs is 1. The lowest BCUT2D eigenvalue weighted by Gasteiger charge is -2.26. The monoisotopic (exact) mass is 386 g/mol. The van der Waals surface area contributed by atoms with Crippen molar-refractivity contribution < 1.29 is 19.1 Å². The number of amides is 2. The lowest BCUT2D eigenvalue weighted by molar-refractivity contribution is -0.131. The van der Waals surface area contributed by atoms with E-state index in [1.165, 1.54) is 11.8 Å². The molecule has 0 aliphatic carbocycles. The van der Waals surface area contributed by atoms with Crippen molar-refractivity contribution in [1.82, 2.24) is 4.90 Å². The molecule has 0 spiro atoms. The number of carbonyl (C=O) groups excluding carboxylic acids is 2. The molecule has 2 aromatic carbocycles. The van der Waals surface area contributed by atoms with Gasteiger partial charge in [-0.25, -0.2) is 0 Å². The number of anilines is 1. The van der Waals surface area contributed by atoms with Crippen molar-refractivity contribution in [2.75, 3.05) is 26.6 Å². The number of nitrogens with zero attached hydrogens (tertiary/aromatic N) is 1. The van der Waals surface area contributed by atoms with E-state index in [4.69, 9.17) is 9.47 Å². The minimum absolute atomic E-state index is 0.105. The first-order valence-electron chi connectivity index (χ1n) is 8.54. The normalized spacial score (nSPS) is 15.5. The highest BCUT2D eigenvalue weighted by atomic mass is 32.2. The Morgan fingerprint density at radius 2 is 1.93 bits per heavy atom. The van der Waals surface area contributed by atoms with Crippen LogP contribution in [0.3, 0.4) is 0 Å². The molecule has 0 radical (unpaired) electrons. The maximum Gasteiger partial charge on any atom is 0.238 e. The first-order chi connectivity index (χ1) is 13.0. The molecule has 1 aliphatic rings. The van der Waals surface area contributed by atoms with E-state index in [-0.39, 0.29) is 18.2 Å². The van der Waals surface area contributed by atoms with Crippen molar-refractivity contribution in [3.05, 3.63) is 48.0 Å². The highest BCUT2D eigenvalue weighted by Gasteiger charge is 2.30. The molecule has 1 heterocycles. The number of nitrogens with one attached hydrogen (secondary N) is 1. The molecule has 3 rings (SSSR count). The Labute approximate surface area is 162 Å². The molecule has 1 N–H and O–H groups in total. The number of thioether (sulfide) groups is 1. The van der Waals surface area contributed by atoms with Crippen molar-refractivity contribution in [2.45, 2.75) is 23.1 Å². The molecule has 1 aliphatic heterocycles. The van der Waals surface area contributed by atoms with Gasteiger partial charge in [0.15, 0.2) is 11.5 Å². The van der Waals surface area contributed by atoms with Gasteiger partial charge in [-0.05, 0) is 18.2 Å². The molecule has 0 bridgehead atoms. The van der Waals surface area contributed by atoms with E-state index in [1.807, 2.05) is 42.5 Å². The molecule has 7 heteroatoms. The first kappa shape index (κ1) is 19.1. The van der Waals surface area contributed by atoms with Crippen molar-refractivity contribution >= 4 is 29.3 Å². The fourth-order valence-electron chi connectivity index (χ4n) is 2.96. The average molecular weight is 386 g/mol. The second-order valence-corrected chi connectivity index (χ2v) is 7.44. The Morgan fingerprint density at radius 3 is 2.67 bits per heavy atom. The highest BCUT2D eigenvalue weighted by molar-refractivity contribution is 8.01. The summed E-state index contributed by atoms with van der Waals surface area (Å²) in [4.78, 5) is 27.6. The second kappa shape index (κ2) is 8.35.